The van der Waals surface area contributed by atoms with Gasteiger partial charge in [0, 0.05) is 11.9 Å². The maximum atomic E-state index is 12.6. The topological polar surface area (TPSA) is 72.7 Å². The summed E-state index contributed by atoms with van der Waals surface area (Å²) in [6.07, 6.45) is 3.16. The van der Waals surface area contributed by atoms with Gasteiger partial charge in [0.1, 0.15) is 5.52 Å². The monoisotopic (exact) mass is 417 g/mol. The van der Waals surface area contributed by atoms with Crippen LogP contribution in [0.15, 0.2) is 53.7 Å². The number of amides is 1. The molecule has 0 spiro atoms. The first-order valence-corrected chi connectivity index (χ1v) is 11.3. The van der Waals surface area contributed by atoms with Crippen molar-refractivity contribution in [3.8, 4) is 0 Å². The van der Waals surface area contributed by atoms with Crippen LogP contribution in [-0.4, -0.2) is 31.4 Å². The van der Waals surface area contributed by atoms with Gasteiger partial charge in [-0.3, -0.25) is 4.79 Å². The number of thioether (sulfide) groups is 1. The number of rotatable bonds is 5. The van der Waals surface area contributed by atoms with Gasteiger partial charge in [-0.25, -0.2) is 4.98 Å². The zero-order valence-corrected chi connectivity index (χ0v) is 17.7. The third-order valence-corrected chi connectivity index (χ3v) is 6.55. The molecular formula is C23H23N5OS. The van der Waals surface area contributed by atoms with Gasteiger partial charge >= 0.3 is 0 Å². The smallest absolute Gasteiger partial charge is 0.230 e. The number of hydrogen-bond acceptors (Lipinski definition) is 5. The zero-order valence-electron chi connectivity index (χ0n) is 16.8. The van der Waals surface area contributed by atoms with E-state index in [1.54, 1.807) is 0 Å². The molecule has 0 unspecified atom stereocenters. The Morgan fingerprint density at radius 1 is 1.17 bits per heavy atom. The Labute approximate surface area is 179 Å². The average molecular weight is 418 g/mol. The van der Waals surface area contributed by atoms with E-state index in [1.165, 1.54) is 22.9 Å². The maximum absolute atomic E-state index is 12.6. The second kappa shape index (κ2) is 8.07. The van der Waals surface area contributed by atoms with Gasteiger partial charge in [-0.2, -0.15) is 0 Å². The second-order valence-corrected chi connectivity index (χ2v) is 8.47. The third kappa shape index (κ3) is 3.43. The number of aryl methyl sites for hydroxylation is 2. The lowest BCUT2D eigenvalue weighted by molar-refractivity contribution is -0.119. The fraction of sp³-hybridized carbons (Fsp3) is 0.304. The Bertz CT molecular complexity index is 1230. The van der Waals surface area contributed by atoms with Gasteiger partial charge in [0.2, 0.25) is 11.1 Å². The molecule has 1 aliphatic rings. The molecular weight excluding hydrogens is 394 g/mol. The van der Waals surface area contributed by atoms with Crippen LogP contribution in [0.4, 0.5) is 0 Å². The van der Waals surface area contributed by atoms with E-state index in [0.717, 1.165) is 47.9 Å². The molecule has 0 saturated carbocycles. The number of hydrogen-bond donors (Lipinski definition) is 1. The van der Waals surface area contributed by atoms with Gasteiger partial charge in [0.15, 0.2) is 5.65 Å². The van der Waals surface area contributed by atoms with Crippen LogP contribution < -0.4 is 5.32 Å². The molecule has 30 heavy (non-hydrogen) atoms. The van der Waals surface area contributed by atoms with Gasteiger partial charge in [0.05, 0.1) is 17.3 Å². The number of fused-ring (bicyclic) bond motifs is 4. The molecule has 7 heteroatoms. The molecule has 0 fully saturated rings. The molecule has 1 aliphatic carbocycles. The molecule has 2 aromatic heterocycles. The zero-order chi connectivity index (χ0) is 20.5. The van der Waals surface area contributed by atoms with Crippen LogP contribution in [0.25, 0.3) is 22.1 Å². The van der Waals surface area contributed by atoms with Crippen LogP contribution in [0.2, 0.25) is 0 Å². The van der Waals surface area contributed by atoms with Gasteiger partial charge in [-0.05, 0) is 43.4 Å². The molecule has 1 atom stereocenters. The summed E-state index contributed by atoms with van der Waals surface area (Å²) in [7, 11) is 0. The number of aromatic nitrogens is 4. The summed E-state index contributed by atoms with van der Waals surface area (Å²) in [5, 5.41) is 13.5. The molecule has 1 amide bonds. The molecule has 2 heterocycles. The van der Waals surface area contributed by atoms with Crippen LogP contribution in [0.3, 0.4) is 0 Å². The van der Waals surface area contributed by atoms with Gasteiger partial charge in [-0.1, -0.05) is 54.2 Å². The van der Waals surface area contributed by atoms with Crippen LogP contribution in [0.5, 0.6) is 0 Å². The normalized spacial score (nSPS) is 16.0. The summed E-state index contributed by atoms with van der Waals surface area (Å²) in [6, 6.07) is 16.6. The highest BCUT2D eigenvalue weighted by Gasteiger charge is 2.21. The minimum atomic E-state index is 0.00133. The highest BCUT2D eigenvalue weighted by Crippen LogP contribution is 2.30. The van der Waals surface area contributed by atoms with E-state index in [4.69, 9.17) is 4.98 Å². The summed E-state index contributed by atoms with van der Waals surface area (Å²) in [4.78, 5) is 17.3. The van der Waals surface area contributed by atoms with Crippen molar-refractivity contribution in [1.82, 2.24) is 25.1 Å². The molecule has 5 rings (SSSR count). The van der Waals surface area contributed by atoms with Crippen molar-refractivity contribution in [2.24, 2.45) is 0 Å². The van der Waals surface area contributed by atoms with E-state index in [1.807, 2.05) is 24.3 Å². The summed E-state index contributed by atoms with van der Waals surface area (Å²) < 4.78 is 2.14. The first-order chi connectivity index (χ1) is 14.7. The van der Waals surface area contributed by atoms with Crippen molar-refractivity contribution in [2.45, 2.75) is 43.9 Å². The van der Waals surface area contributed by atoms with Crippen LogP contribution in [0.1, 0.15) is 36.9 Å². The average Bonchev–Trinajstić information content (AvgIpc) is 3.11. The SMILES string of the molecule is CCn1c2ccccc2c2nnc(SCC(=O)N[C@H]3CCCc4ccccc43)nc21. The van der Waals surface area contributed by atoms with Crippen LogP contribution in [-0.2, 0) is 17.8 Å². The minimum absolute atomic E-state index is 0.00133. The second-order valence-electron chi connectivity index (χ2n) is 7.53. The Kier molecular flexibility index (Phi) is 5.12. The minimum Gasteiger partial charge on any atom is -0.349 e. The Morgan fingerprint density at radius 3 is 2.90 bits per heavy atom. The Hall–Kier alpha value is -2.93. The van der Waals surface area contributed by atoms with Gasteiger partial charge in [0.25, 0.3) is 0 Å². The fourth-order valence-electron chi connectivity index (χ4n) is 4.34. The van der Waals surface area contributed by atoms with E-state index >= 15 is 0 Å². The number of benzene rings is 2. The summed E-state index contributed by atoms with van der Waals surface area (Å²) >= 11 is 1.33. The molecule has 0 aliphatic heterocycles. The molecule has 1 N–H and O–H groups in total. The van der Waals surface area contributed by atoms with Crippen molar-refractivity contribution in [3.05, 3.63) is 59.7 Å². The largest absolute Gasteiger partial charge is 0.349 e. The van der Waals surface area contributed by atoms with E-state index in [0.29, 0.717) is 5.16 Å². The predicted octanol–water partition coefficient (Wildman–Crippen LogP) is 4.29. The predicted molar refractivity (Wildman–Crippen MR) is 119 cm³/mol. The quantitative estimate of drug-likeness (QED) is 0.491. The molecule has 0 saturated heterocycles. The lowest BCUT2D eigenvalue weighted by Crippen LogP contribution is -2.32. The van der Waals surface area contributed by atoms with Crippen molar-refractivity contribution in [3.63, 3.8) is 0 Å². The Morgan fingerprint density at radius 2 is 2.00 bits per heavy atom. The summed E-state index contributed by atoms with van der Waals surface area (Å²) in [5.74, 6) is 0.277. The standard InChI is InChI=1S/C23H23N5OS/c1-2-28-19-13-6-5-11-17(19)21-22(28)25-23(27-26-21)30-14-20(29)24-18-12-7-9-15-8-3-4-10-16(15)18/h3-6,8,10-11,13,18H,2,7,9,12,14H2,1H3,(H,24,29)/t18-/m0/s1. The fourth-order valence-corrected chi connectivity index (χ4v) is 4.93. The highest BCUT2D eigenvalue weighted by atomic mass is 32.2. The van der Waals surface area contributed by atoms with Gasteiger partial charge < -0.3 is 9.88 Å². The van der Waals surface area contributed by atoms with Crippen molar-refractivity contribution < 1.29 is 4.79 Å². The number of carbonyl (C=O) groups excluding carboxylic acids is 1. The molecule has 0 bridgehead atoms. The first-order valence-electron chi connectivity index (χ1n) is 10.4. The lowest BCUT2D eigenvalue weighted by Gasteiger charge is -2.26. The maximum Gasteiger partial charge on any atom is 0.230 e. The van der Waals surface area contributed by atoms with Crippen molar-refractivity contribution in [2.75, 3.05) is 5.75 Å². The summed E-state index contributed by atoms with van der Waals surface area (Å²) in [5.41, 5.74) is 5.31. The number of para-hydroxylation sites is 1. The molecule has 2 aromatic carbocycles. The van der Waals surface area contributed by atoms with Crippen molar-refractivity contribution >= 4 is 39.7 Å². The first kappa shape index (κ1) is 19.1. The van der Waals surface area contributed by atoms with E-state index in [9.17, 15) is 4.79 Å². The third-order valence-electron chi connectivity index (χ3n) is 5.71. The molecule has 6 nitrogen and oxygen atoms in total. The highest BCUT2D eigenvalue weighted by molar-refractivity contribution is 7.99. The van der Waals surface area contributed by atoms with Crippen molar-refractivity contribution in [1.29, 1.82) is 0 Å². The Balaban J connectivity index is 1.32. The van der Waals surface area contributed by atoms with E-state index < -0.39 is 0 Å². The molecule has 152 valence electrons. The van der Waals surface area contributed by atoms with Crippen LogP contribution >= 0.6 is 11.8 Å². The van der Waals surface area contributed by atoms with Gasteiger partial charge in [-0.15, -0.1) is 10.2 Å². The van der Waals surface area contributed by atoms with E-state index in [-0.39, 0.29) is 17.7 Å². The van der Waals surface area contributed by atoms with E-state index in [2.05, 4.69) is 51.3 Å². The number of nitrogens with zero attached hydrogens (tertiary/aromatic N) is 4. The number of carbonyl (C=O) groups is 1. The summed E-state index contributed by atoms with van der Waals surface area (Å²) in [6.45, 7) is 2.89. The molecule has 4 aromatic rings. The number of nitrogens with one attached hydrogen (secondary N) is 1. The van der Waals surface area contributed by atoms with Crippen LogP contribution in [0, 0.1) is 0 Å². The molecule has 0 radical (unpaired) electrons. The lowest BCUT2D eigenvalue weighted by atomic mass is 9.88.